The topological polar surface area (TPSA) is 9.23 Å². The lowest BCUT2D eigenvalue weighted by Crippen LogP contribution is -2.09. The molecule has 0 amide bonds. The summed E-state index contributed by atoms with van der Waals surface area (Å²) >= 11 is 0. The van der Waals surface area contributed by atoms with Crippen LogP contribution in [-0.2, 0) is 4.74 Å². The number of halogens is 1. The molecule has 0 N–H and O–H groups in total. The van der Waals surface area contributed by atoms with Gasteiger partial charge in [0, 0.05) is 0 Å². The van der Waals surface area contributed by atoms with E-state index in [1.165, 1.54) is 0 Å². The molecule has 0 bridgehead atoms. The van der Waals surface area contributed by atoms with Crippen LogP contribution < -0.4 is 0 Å². The molecule has 0 aliphatic heterocycles. The summed E-state index contributed by atoms with van der Waals surface area (Å²) in [6.07, 6.45) is 1.01. The SMILES string of the molecule is C[C@@H]1CC1(C)OCF. The molecule has 48 valence electrons. The first kappa shape index (κ1) is 6.02. The average molecular weight is 118 g/mol. The predicted octanol–water partition coefficient (Wildman–Crippen LogP) is 1.73. The monoisotopic (exact) mass is 118 g/mol. The van der Waals surface area contributed by atoms with Crippen LogP contribution in [0.1, 0.15) is 20.3 Å². The Kier molecular flexibility index (Phi) is 1.27. The standard InChI is InChI=1S/C6H11FO/c1-5-3-6(5,2)8-4-7/h5H,3-4H2,1-2H3/t5-,6?/m1/s1. The first-order valence-corrected chi connectivity index (χ1v) is 2.89. The summed E-state index contributed by atoms with van der Waals surface area (Å²) in [5, 5.41) is 0. The normalized spacial score (nSPS) is 44.6. The van der Waals surface area contributed by atoms with Gasteiger partial charge in [-0.15, -0.1) is 0 Å². The van der Waals surface area contributed by atoms with Gasteiger partial charge >= 0.3 is 0 Å². The highest BCUT2D eigenvalue weighted by atomic mass is 19.1. The van der Waals surface area contributed by atoms with Crippen molar-refractivity contribution in [1.29, 1.82) is 0 Å². The van der Waals surface area contributed by atoms with Crippen molar-refractivity contribution in [1.82, 2.24) is 0 Å². The Morgan fingerprint density at radius 3 is 2.50 bits per heavy atom. The lowest BCUT2D eigenvalue weighted by atomic mass is 10.3. The molecule has 0 heterocycles. The quantitative estimate of drug-likeness (QED) is 0.536. The second-order valence-corrected chi connectivity index (χ2v) is 2.67. The zero-order valence-electron chi connectivity index (χ0n) is 5.28. The number of hydrogen-bond donors (Lipinski definition) is 0. The zero-order valence-corrected chi connectivity index (χ0v) is 5.28. The molecule has 0 aromatic carbocycles. The first-order chi connectivity index (χ1) is 3.69. The number of ether oxygens (including phenoxy) is 1. The average Bonchev–Trinajstić information content (AvgIpc) is 2.16. The summed E-state index contributed by atoms with van der Waals surface area (Å²) in [6, 6.07) is 0. The second-order valence-electron chi connectivity index (χ2n) is 2.67. The van der Waals surface area contributed by atoms with Gasteiger partial charge in [-0.2, -0.15) is 0 Å². The van der Waals surface area contributed by atoms with Crippen LogP contribution in [-0.4, -0.2) is 12.5 Å². The highest BCUT2D eigenvalue weighted by Gasteiger charge is 2.47. The maximum atomic E-state index is 11.5. The molecule has 0 aromatic rings. The predicted molar refractivity (Wildman–Crippen MR) is 29.2 cm³/mol. The number of alkyl halides is 1. The highest BCUT2D eigenvalue weighted by Crippen LogP contribution is 2.45. The van der Waals surface area contributed by atoms with Crippen LogP contribution in [0.2, 0.25) is 0 Å². The lowest BCUT2D eigenvalue weighted by molar-refractivity contribution is -0.0190. The number of rotatable bonds is 2. The molecule has 1 rings (SSSR count). The Labute approximate surface area is 48.8 Å². The van der Waals surface area contributed by atoms with Crippen molar-refractivity contribution >= 4 is 0 Å². The molecule has 1 aliphatic carbocycles. The van der Waals surface area contributed by atoms with Crippen LogP contribution in [0.3, 0.4) is 0 Å². The van der Waals surface area contributed by atoms with Crippen LogP contribution in [0.4, 0.5) is 4.39 Å². The van der Waals surface area contributed by atoms with Gasteiger partial charge < -0.3 is 4.74 Å². The van der Waals surface area contributed by atoms with Gasteiger partial charge in [-0.1, -0.05) is 6.92 Å². The van der Waals surface area contributed by atoms with E-state index in [-0.39, 0.29) is 5.60 Å². The lowest BCUT2D eigenvalue weighted by Gasteiger charge is -2.05. The summed E-state index contributed by atoms with van der Waals surface area (Å²) < 4.78 is 16.3. The Morgan fingerprint density at radius 1 is 1.88 bits per heavy atom. The van der Waals surface area contributed by atoms with Crippen LogP contribution in [0.5, 0.6) is 0 Å². The molecule has 0 spiro atoms. The minimum atomic E-state index is -0.638. The molecule has 1 fully saturated rings. The van der Waals surface area contributed by atoms with Gasteiger partial charge in [0.05, 0.1) is 5.60 Å². The van der Waals surface area contributed by atoms with Gasteiger partial charge in [-0.25, -0.2) is 4.39 Å². The minimum Gasteiger partial charge on any atom is -0.344 e. The van der Waals surface area contributed by atoms with E-state index in [1.54, 1.807) is 0 Å². The van der Waals surface area contributed by atoms with Gasteiger partial charge in [0.15, 0.2) is 6.86 Å². The number of hydrogen-bond acceptors (Lipinski definition) is 1. The Hall–Kier alpha value is -0.110. The summed E-state index contributed by atoms with van der Waals surface area (Å²) in [5.41, 5.74) is -0.116. The van der Waals surface area contributed by atoms with Crippen molar-refractivity contribution in [3.8, 4) is 0 Å². The van der Waals surface area contributed by atoms with E-state index >= 15 is 0 Å². The van der Waals surface area contributed by atoms with E-state index < -0.39 is 6.86 Å². The third-order valence-electron chi connectivity index (χ3n) is 1.98. The molecule has 8 heavy (non-hydrogen) atoms. The molecule has 0 aromatic heterocycles. The fourth-order valence-electron chi connectivity index (χ4n) is 0.875. The van der Waals surface area contributed by atoms with E-state index in [0.29, 0.717) is 5.92 Å². The fraction of sp³-hybridized carbons (Fsp3) is 1.00. The van der Waals surface area contributed by atoms with Crippen molar-refractivity contribution in [3.63, 3.8) is 0 Å². The van der Waals surface area contributed by atoms with E-state index in [4.69, 9.17) is 4.74 Å². The first-order valence-electron chi connectivity index (χ1n) is 2.89. The fourth-order valence-corrected chi connectivity index (χ4v) is 0.875. The highest BCUT2D eigenvalue weighted by molar-refractivity contribution is 4.98. The summed E-state index contributed by atoms with van der Waals surface area (Å²) in [5.74, 6) is 0.554. The van der Waals surface area contributed by atoms with Crippen LogP contribution in [0.25, 0.3) is 0 Å². The summed E-state index contributed by atoms with van der Waals surface area (Å²) in [4.78, 5) is 0. The van der Waals surface area contributed by atoms with Gasteiger partial charge in [0.2, 0.25) is 0 Å². The van der Waals surface area contributed by atoms with E-state index in [9.17, 15) is 4.39 Å². The molecule has 1 saturated carbocycles. The molecule has 0 saturated heterocycles. The molecular weight excluding hydrogens is 107 g/mol. The van der Waals surface area contributed by atoms with Gasteiger partial charge in [-0.05, 0) is 19.3 Å². The largest absolute Gasteiger partial charge is 0.344 e. The van der Waals surface area contributed by atoms with Gasteiger partial charge in [-0.3, -0.25) is 0 Å². The van der Waals surface area contributed by atoms with Crippen molar-refractivity contribution in [2.75, 3.05) is 6.86 Å². The van der Waals surface area contributed by atoms with Gasteiger partial charge in [0.25, 0.3) is 0 Å². The summed E-state index contributed by atoms with van der Waals surface area (Å²) in [6.45, 7) is 3.37. The maximum Gasteiger partial charge on any atom is 0.188 e. The minimum absolute atomic E-state index is 0.116. The van der Waals surface area contributed by atoms with Crippen LogP contribution in [0.15, 0.2) is 0 Å². The van der Waals surface area contributed by atoms with E-state index in [2.05, 4.69) is 6.92 Å². The van der Waals surface area contributed by atoms with Crippen molar-refractivity contribution in [3.05, 3.63) is 0 Å². The molecule has 1 aliphatic rings. The Balaban J connectivity index is 2.25. The second kappa shape index (κ2) is 1.69. The van der Waals surface area contributed by atoms with Gasteiger partial charge in [0.1, 0.15) is 0 Å². The zero-order chi connectivity index (χ0) is 6.20. The maximum absolute atomic E-state index is 11.5. The van der Waals surface area contributed by atoms with Crippen molar-refractivity contribution < 1.29 is 9.13 Å². The third kappa shape index (κ3) is 0.848. The molecular formula is C6H11FO. The summed E-state index contributed by atoms with van der Waals surface area (Å²) in [7, 11) is 0. The Bertz CT molecular complexity index is 94.5. The smallest absolute Gasteiger partial charge is 0.188 e. The molecule has 1 nitrogen and oxygen atoms in total. The van der Waals surface area contributed by atoms with Crippen molar-refractivity contribution in [2.45, 2.75) is 25.9 Å². The molecule has 2 atom stereocenters. The van der Waals surface area contributed by atoms with E-state index in [1.807, 2.05) is 6.92 Å². The molecule has 0 radical (unpaired) electrons. The van der Waals surface area contributed by atoms with Crippen LogP contribution in [0, 0.1) is 5.92 Å². The molecule has 1 unspecified atom stereocenters. The van der Waals surface area contributed by atoms with Crippen molar-refractivity contribution in [2.24, 2.45) is 5.92 Å². The Morgan fingerprint density at radius 2 is 2.38 bits per heavy atom. The molecule has 2 heteroatoms. The van der Waals surface area contributed by atoms with E-state index in [0.717, 1.165) is 6.42 Å². The third-order valence-corrected chi connectivity index (χ3v) is 1.98. The van der Waals surface area contributed by atoms with Crippen LogP contribution >= 0.6 is 0 Å².